The molecule has 3 aromatic heterocycles. The van der Waals surface area contributed by atoms with Gasteiger partial charge in [0.2, 0.25) is 0 Å². The van der Waals surface area contributed by atoms with Gasteiger partial charge in [0.25, 0.3) is 5.91 Å². The molecule has 1 N–H and O–H groups in total. The number of benzene rings is 1. The van der Waals surface area contributed by atoms with Crippen molar-refractivity contribution in [3.8, 4) is 23.1 Å². The number of nitriles is 1. The standard InChI is InChI=1S/C25H20F2N6O2/c1-33(13-17-11-29-21(8-26)20-12-31-32-23(17)20)25(34)16-7-22(35-19-2-3-19)24(30-10-16)15-4-14(9-28)5-18(27)6-15/h4-7,10-12,19H,2-3,8,13H2,1H3,(H,31,32). The average Bonchev–Trinajstić information content (AvgIpc) is 3.54. The zero-order valence-corrected chi connectivity index (χ0v) is 18.8. The summed E-state index contributed by atoms with van der Waals surface area (Å²) in [6.45, 7) is -0.513. The van der Waals surface area contributed by atoms with E-state index in [0.29, 0.717) is 33.5 Å². The van der Waals surface area contributed by atoms with Gasteiger partial charge in [-0.25, -0.2) is 8.78 Å². The molecule has 0 radical (unpaired) electrons. The molecule has 1 fully saturated rings. The van der Waals surface area contributed by atoms with Crippen molar-refractivity contribution in [3.63, 3.8) is 0 Å². The first-order chi connectivity index (χ1) is 17.0. The highest BCUT2D eigenvalue weighted by molar-refractivity contribution is 5.95. The molecule has 0 aliphatic heterocycles. The van der Waals surface area contributed by atoms with Crippen LogP contribution in [-0.4, -0.2) is 44.1 Å². The SMILES string of the molecule is CN(Cc1cnc(CF)c2cn[nH]c12)C(=O)c1cnc(-c2cc(F)cc(C#N)c2)c(OC2CC2)c1. The van der Waals surface area contributed by atoms with Crippen LogP contribution in [0.3, 0.4) is 0 Å². The summed E-state index contributed by atoms with van der Waals surface area (Å²) in [5.74, 6) is -0.523. The van der Waals surface area contributed by atoms with Crippen LogP contribution in [0.15, 0.2) is 42.9 Å². The molecule has 1 aromatic carbocycles. The molecule has 8 nitrogen and oxygen atoms in total. The number of fused-ring (bicyclic) bond motifs is 1. The Hall–Kier alpha value is -4.39. The van der Waals surface area contributed by atoms with Crippen LogP contribution in [-0.2, 0) is 13.2 Å². The maximum atomic E-state index is 14.0. The van der Waals surface area contributed by atoms with E-state index in [1.165, 1.54) is 35.6 Å². The van der Waals surface area contributed by atoms with Gasteiger partial charge >= 0.3 is 0 Å². The van der Waals surface area contributed by atoms with Crippen molar-refractivity contribution in [2.75, 3.05) is 7.05 Å². The fraction of sp³-hybridized carbons (Fsp3) is 0.240. The largest absolute Gasteiger partial charge is 0.488 e. The lowest BCUT2D eigenvalue weighted by atomic mass is 10.1. The number of amides is 1. The highest BCUT2D eigenvalue weighted by atomic mass is 19.1. The van der Waals surface area contributed by atoms with Gasteiger partial charge in [0, 0.05) is 42.5 Å². The number of aromatic nitrogens is 4. The summed E-state index contributed by atoms with van der Waals surface area (Å²) in [5, 5.41) is 16.6. The van der Waals surface area contributed by atoms with Crippen molar-refractivity contribution in [3.05, 3.63) is 71.1 Å². The number of pyridine rings is 2. The molecule has 1 amide bonds. The van der Waals surface area contributed by atoms with Crippen molar-refractivity contribution in [2.45, 2.75) is 32.2 Å². The quantitative estimate of drug-likeness (QED) is 0.428. The van der Waals surface area contributed by atoms with Crippen molar-refractivity contribution in [1.29, 1.82) is 5.26 Å². The number of carbonyl (C=O) groups excluding carboxylic acids is 1. The summed E-state index contributed by atoms with van der Waals surface area (Å²) < 4.78 is 33.2. The molecule has 0 saturated heterocycles. The molecule has 0 unspecified atom stereocenters. The molecule has 10 heteroatoms. The molecule has 0 spiro atoms. The summed E-state index contributed by atoms with van der Waals surface area (Å²) in [4.78, 5) is 23.3. The number of aromatic amines is 1. The Balaban J connectivity index is 1.45. The fourth-order valence-electron chi connectivity index (χ4n) is 3.84. The van der Waals surface area contributed by atoms with E-state index in [2.05, 4.69) is 20.2 Å². The molecule has 4 aromatic rings. The Morgan fingerprint density at radius 3 is 2.80 bits per heavy atom. The Bertz CT molecular complexity index is 1470. The number of nitrogens with one attached hydrogen (secondary N) is 1. The van der Waals surface area contributed by atoms with E-state index in [9.17, 15) is 18.8 Å². The van der Waals surface area contributed by atoms with Crippen LogP contribution < -0.4 is 4.74 Å². The first kappa shape index (κ1) is 22.4. The van der Waals surface area contributed by atoms with Crippen LogP contribution >= 0.6 is 0 Å². The van der Waals surface area contributed by atoms with E-state index >= 15 is 0 Å². The number of rotatable bonds is 7. The maximum Gasteiger partial charge on any atom is 0.255 e. The number of alkyl halides is 1. The highest BCUT2D eigenvalue weighted by Gasteiger charge is 2.27. The maximum absolute atomic E-state index is 14.0. The van der Waals surface area contributed by atoms with E-state index in [-0.39, 0.29) is 35.4 Å². The number of carbonyl (C=O) groups is 1. The average molecular weight is 474 g/mol. The molecule has 176 valence electrons. The van der Waals surface area contributed by atoms with Crippen molar-refractivity contribution in [1.82, 2.24) is 25.1 Å². The van der Waals surface area contributed by atoms with Gasteiger partial charge in [0.05, 0.1) is 40.7 Å². The van der Waals surface area contributed by atoms with Crippen molar-refractivity contribution in [2.24, 2.45) is 0 Å². The van der Waals surface area contributed by atoms with E-state index in [1.54, 1.807) is 13.1 Å². The smallest absolute Gasteiger partial charge is 0.255 e. The topological polar surface area (TPSA) is 108 Å². The van der Waals surface area contributed by atoms with Gasteiger partial charge in [-0.15, -0.1) is 0 Å². The van der Waals surface area contributed by atoms with Crippen LogP contribution in [0.1, 0.15) is 40.0 Å². The number of hydrogen-bond donors (Lipinski definition) is 1. The summed E-state index contributed by atoms with van der Waals surface area (Å²) in [7, 11) is 1.63. The molecule has 1 aliphatic rings. The zero-order valence-electron chi connectivity index (χ0n) is 18.8. The van der Waals surface area contributed by atoms with Crippen LogP contribution in [0.4, 0.5) is 8.78 Å². The van der Waals surface area contributed by atoms with E-state index in [0.717, 1.165) is 18.9 Å². The van der Waals surface area contributed by atoms with Gasteiger partial charge < -0.3 is 9.64 Å². The molecule has 35 heavy (non-hydrogen) atoms. The molecule has 3 heterocycles. The fourth-order valence-corrected chi connectivity index (χ4v) is 3.84. The van der Waals surface area contributed by atoms with E-state index in [1.807, 2.05) is 6.07 Å². The number of halogens is 2. The molecular weight excluding hydrogens is 454 g/mol. The van der Waals surface area contributed by atoms with Crippen LogP contribution in [0.25, 0.3) is 22.2 Å². The predicted molar refractivity (Wildman–Crippen MR) is 122 cm³/mol. The molecule has 1 aliphatic carbocycles. The Morgan fingerprint density at radius 2 is 2.06 bits per heavy atom. The molecule has 0 atom stereocenters. The number of hydrogen-bond acceptors (Lipinski definition) is 6. The normalized spacial score (nSPS) is 13.0. The summed E-state index contributed by atoms with van der Waals surface area (Å²) in [6, 6.07) is 7.47. The van der Waals surface area contributed by atoms with Gasteiger partial charge in [-0.3, -0.25) is 19.9 Å². The van der Waals surface area contributed by atoms with Crippen LogP contribution in [0.2, 0.25) is 0 Å². The summed E-state index contributed by atoms with van der Waals surface area (Å²) >= 11 is 0. The second-order valence-electron chi connectivity index (χ2n) is 8.41. The second-order valence-corrected chi connectivity index (χ2v) is 8.41. The van der Waals surface area contributed by atoms with Gasteiger partial charge in [0.1, 0.15) is 23.9 Å². The first-order valence-corrected chi connectivity index (χ1v) is 11.0. The van der Waals surface area contributed by atoms with Crippen molar-refractivity contribution < 1.29 is 18.3 Å². The Labute approximate surface area is 199 Å². The first-order valence-electron chi connectivity index (χ1n) is 11.0. The minimum atomic E-state index is -0.714. The second kappa shape index (κ2) is 9.10. The van der Waals surface area contributed by atoms with Crippen LogP contribution in [0, 0.1) is 17.1 Å². The van der Waals surface area contributed by atoms with Gasteiger partial charge in [0.15, 0.2) is 0 Å². The molecular formula is C25H20F2N6O2. The van der Waals surface area contributed by atoms with Crippen molar-refractivity contribution >= 4 is 16.8 Å². The Kier molecular flexibility index (Phi) is 5.82. The van der Waals surface area contributed by atoms with E-state index in [4.69, 9.17) is 4.74 Å². The molecule has 1 saturated carbocycles. The third-order valence-electron chi connectivity index (χ3n) is 5.75. The number of H-pyrrole nitrogens is 1. The van der Waals surface area contributed by atoms with E-state index < -0.39 is 12.5 Å². The summed E-state index contributed by atoms with van der Waals surface area (Å²) in [6.07, 6.45) is 6.21. The lowest BCUT2D eigenvalue weighted by Gasteiger charge is -2.19. The monoisotopic (exact) mass is 474 g/mol. The van der Waals surface area contributed by atoms with Gasteiger partial charge in [-0.05, 0) is 37.1 Å². The predicted octanol–water partition coefficient (Wildman–Crippen LogP) is 4.31. The third-order valence-corrected chi connectivity index (χ3v) is 5.75. The Morgan fingerprint density at radius 1 is 1.23 bits per heavy atom. The van der Waals surface area contributed by atoms with Gasteiger partial charge in [-0.2, -0.15) is 10.4 Å². The third kappa shape index (κ3) is 4.53. The van der Waals surface area contributed by atoms with Crippen LogP contribution in [0.5, 0.6) is 5.75 Å². The lowest BCUT2D eigenvalue weighted by molar-refractivity contribution is 0.0784. The highest BCUT2D eigenvalue weighted by Crippen LogP contribution is 2.35. The zero-order chi connectivity index (χ0) is 24.5. The number of ether oxygens (including phenoxy) is 1. The molecule has 0 bridgehead atoms. The lowest BCUT2D eigenvalue weighted by Crippen LogP contribution is -2.26. The molecule has 5 rings (SSSR count). The minimum absolute atomic E-state index is 0.0105. The number of nitrogens with zero attached hydrogens (tertiary/aromatic N) is 5. The van der Waals surface area contributed by atoms with Gasteiger partial charge in [-0.1, -0.05) is 0 Å². The minimum Gasteiger partial charge on any atom is -0.488 e. The summed E-state index contributed by atoms with van der Waals surface area (Å²) in [5.41, 5.74) is 2.80.